The van der Waals surface area contributed by atoms with Gasteiger partial charge < -0.3 is 9.64 Å². The molecule has 0 aliphatic carbocycles. The van der Waals surface area contributed by atoms with Crippen LogP contribution >= 0.6 is 0 Å². The van der Waals surface area contributed by atoms with Crippen molar-refractivity contribution in [1.29, 1.82) is 0 Å². The maximum Gasteiger partial charge on any atom is 0.223 e. The van der Waals surface area contributed by atoms with Crippen molar-refractivity contribution in [2.45, 2.75) is 64.1 Å². The second kappa shape index (κ2) is 6.04. The lowest BCUT2D eigenvalue weighted by atomic mass is 9.98. The molecule has 114 valence electrons. The Morgan fingerprint density at radius 3 is 2.62 bits per heavy atom. The quantitative estimate of drug-likeness (QED) is 0.855. The van der Waals surface area contributed by atoms with Crippen molar-refractivity contribution in [3.05, 3.63) is 24.4 Å². The van der Waals surface area contributed by atoms with Gasteiger partial charge in [-0.25, -0.2) is 4.98 Å². The first-order valence-corrected chi connectivity index (χ1v) is 8.02. The molecule has 2 bridgehead atoms. The van der Waals surface area contributed by atoms with E-state index in [1.54, 1.807) is 6.20 Å². The smallest absolute Gasteiger partial charge is 0.223 e. The molecule has 4 heteroatoms. The molecule has 3 heterocycles. The fourth-order valence-electron chi connectivity index (χ4n) is 3.67. The van der Waals surface area contributed by atoms with Crippen molar-refractivity contribution in [2.24, 2.45) is 5.92 Å². The predicted octanol–water partition coefficient (Wildman–Crippen LogP) is 3.03. The summed E-state index contributed by atoms with van der Waals surface area (Å²) in [4.78, 5) is 18.8. The molecule has 0 N–H and O–H groups in total. The van der Waals surface area contributed by atoms with Gasteiger partial charge in [-0.05, 0) is 24.8 Å². The lowest BCUT2D eigenvalue weighted by molar-refractivity contribution is -0.137. The largest absolute Gasteiger partial charge is 0.474 e. The van der Waals surface area contributed by atoms with Crippen LogP contribution in [0.1, 0.15) is 46.0 Å². The summed E-state index contributed by atoms with van der Waals surface area (Å²) in [6.45, 7) is 4.22. The summed E-state index contributed by atoms with van der Waals surface area (Å²) in [6.07, 6.45) is 6.74. The highest BCUT2D eigenvalue weighted by Gasteiger charge is 2.43. The average molecular weight is 288 g/mol. The first kappa shape index (κ1) is 14.4. The van der Waals surface area contributed by atoms with Gasteiger partial charge in [0.05, 0.1) is 0 Å². The molecule has 0 radical (unpaired) electrons. The Morgan fingerprint density at radius 2 is 2.05 bits per heavy atom. The molecular formula is C17H24N2O2. The summed E-state index contributed by atoms with van der Waals surface area (Å²) in [5.74, 6) is 1.46. The van der Waals surface area contributed by atoms with E-state index in [4.69, 9.17) is 4.74 Å². The number of fused-ring (bicyclic) bond motifs is 2. The van der Waals surface area contributed by atoms with Gasteiger partial charge in [-0.3, -0.25) is 4.79 Å². The van der Waals surface area contributed by atoms with Gasteiger partial charge in [0, 0.05) is 43.6 Å². The minimum Gasteiger partial charge on any atom is -0.474 e. The second-order valence-corrected chi connectivity index (χ2v) is 6.66. The number of rotatable bonds is 4. The molecule has 2 unspecified atom stereocenters. The second-order valence-electron chi connectivity index (χ2n) is 6.66. The number of carbonyl (C=O) groups is 1. The minimum absolute atomic E-state index is 0.195. The molecule has 0 spiro atoms. The van der Waals surface area contributed by atoms with Gasteiger partial charge in [0.2, 0.25) is 11.8 Å². The third kappa shape index (κ3) is 3.20. The molecule has 0 aromatic carbocycles. The Morgan fingerprint density at radius 1 is 1.33 bits per heavy atom. The molecule has 0 saturated carbocycles. The van der Waals surface area contributed by atoms with E-state index in [1.165, 1.54) is 0 Å². The van der Waals surface area contributed by atoms with E-state index >= 15 is 0 Å². The van der Waals surface area contributed by atoms with Crippen LogP contribution in [0.2, 0.25) is 0 Å². The van der Waals surface area contributed by atoms with Crippen molar-refractivity contribution in [2.75, 3.05) is 0 Å². The SMILES string of the molecule is CC(C)CC(=O)N1C2CCC1CC(Oc1ccccn1)C2. The standard InChI is InChI=1S/C17H24N2O2/c1-12(2)9-17(20)19-13-6-7-14(19)11-15(10-13)21-16-5-3-4-8-18-16/h3-5,8,12-15H,6-7,9-11H2,1-2H3. The fourth-order valence-corrected chi connectivity index (χ4v) is 3.67. The Hall–Kier alpha value is -1.58. The zero-order chi connectivity index (χ0) is 14.8. The summed E-state index contributed by atoms with van der Waals surface area (Å²) < 4.78 is 6.00. The van der Waals surface area contributed by atoms with E-state index in [9.17, 15) is 4.79 Å². The summed E-state index contributed by atoms with van der Waals surface area (Å²) in [7, 11) is 0. The van der Waals surface area contributed by atoms with E-state index in [1.807, 2.05) is 18.2 Å². The van der Waals surface area contributed by atoms with E-state index in [0.29, 0.717) is 36.2 Å². The summed E-state index contributed by atoms with van der Waals surface area (Å²) in [6, 6.07) is 6.47. The monoisotopic (exact) mass is 288 g/mol. The molecule has 2 saturated heterocycles. The van der Waals surface area contributed by atoms with Crippen LogP contribution in [0.25, 0.3) is 0 Å². The van der Waals surface area contributed by atoms with Crippen molar-refractivity contribution in [1.82, 2.24) is 9.88 Å². The summed E-state index contributed by atoms with van der Waals surface area (Å²) in [5, 5.41) is 0. The summed E-state index contributed by atoms with van der Waals surface area (Å²) in [5.41, 5.74) is 0. The highest BCUT2D eigenvalue weighted by molar-refractivity contribution is 5.77. The molecule has 21 heavy (non-hydrogen) atoms. The highest BCUT2D eigenvalue weighted by atomic mass is 16.5. The normalized spacial score (nSPS) is 28.0. The van der Waals surface area contributed by atoms with Crippen LogP contribution < -0.4 is 4.74 Å². The van der Waals surface area contributed by atoms with Crippen molar-refractivity contribution in [3.8, 4) is 5.88 Å². The molecule has 2 aliphatic rings. The number of aromatic nitrogens is 1. The van der Waals surface area contributed by atoms with Gasteiger partial charge in [0.25, 0.3) is 0 Å². The number of hydrogen-bond donors (Lipinski definition) is 0. The van der Waals surface area contributed by atoms with E-state index < -0.39 is 0 Å². The lowest BCUT2D eigenvalue weighted by Crippen LogP contribution is -2.49. The van der Waals surface area contributed by atoms with E-state index in [0.717, 1.165) is 25.7 Å². The Labute approximate surface area is 126 Å². The average Bonchev–Trinajstić information content (AvgIpc) is 2.71. The van der Waals surface area contributed by atoms with Crippen molar-refractivity contribution in [3.63, 3.8) is 0 Å². The van der Waals surface area contributed by atoms with Crippen LogP contribution in [0.4, 0.5) is 0 Å². The van der Waals surface area contributed by atoms with Gasteiger partial charge in [0.15, 0.2) is 0 Å². The van der Waals surface area contributed by atoms with Crippen LogP contribution in [0.5, 0.6) is 5.88 Å². The third-order valence-electron chi connectivity index (χ3n) is 4.49. The number of piperidine rings is 1. The van der Waals surface area contributed by atoms with Crippen LogP contribution in [-0.4, -0.2) is 34.0 Å². The van der Waals surface area contributed by atoms with Gasteiger partial charge in [-0.2, -0.15) is 0 Å². The first-order valence-electron chi connectivity index (χ1n) is 8.02. The third-order valence-corrected chi connectivity index (χ3v) is 4.49. The zero-order valence-electron chi connectivity index (χ0n) is 12.9. The number of hydrogen-bond acceptors (Lipinski definition) is 3. The molecule has 1 amide bonds. The number of pyridine rings is 1. The van der Waals surface area contributed by atoms with Crippen molar-refractivity contribution < 1.29 is 9.53 Å². The summed E-state index contributed by atoms with van der Waals surface area (Å²) >= 11 is 0. The number of amides is 1. The molecule has 2 fully saturated rings. The maximum absolute atomic E-state index is 12.4. The Balaban J connectivity index is 1.62. The molecular weight excluding hydrogens is 264 g/mol. The Kier molecular flexibility index (Phi) is 4.13. The Bertz CT molecular complexity index is 475. The van der Waals surface area contributed by atoms with E-state index in [2.05, 4.69) is 23.7 Å². The highest BCUT2D eigenvalue weighted by Crippen LogP contribution is 2.37. The number of nitrogens with zero attached hydrogens (tertiary/aromatic N) is 2. The van der Waals surface area contributed by atoms with Gasteiger partial charge in [-0.1, -0.05) is 19.9 Å². The maximum atomic E-state index is 12.4. The van der Waals surface area contributed by atoms with Crippen LogP contribution in [0, 0.1) is 5.92 Å². The molecule has 1 aromatic rings. The molecule has 2 aliphatic heterocycles. The zero-order valence-corrected chi connectivity index (χ0v) is 12.9. The van der Waals surface area contributed by atoms with Gasteiger partial charge in [0.1, 0.15) is 6.10 Å². The van der Waals surface area contributed by atoms with E-state index in [-0.39, 0.29) is 6.10 Å². The van der Waals surface area contributed by atoms with Crippen molar-refractivity contribution >= 4 is 5.91 Å². The van der Waals surface area contributed by atoms with Crippen LogP contribution in [0.15, 0.2) is 24.4 Å². The van der Waals surface area contributed by atoms with Crippen LogP contribution in [0.3, 0.4) is 0 Å². The molecule has 4 nitrogen and oxygen atoms in total. The lowest BCUT2D eigenvalue weighted by Gasteiger charge is -2.39. The topological polar surface area (TPSA) is 42.4 Å². The van der Waals surface area contributed by atoms with Gasteiger partial charge >= 0.3 is 0 Å². The minimum atomic E-state index is 0.195. The molecule has 2 atom stereocenters. The number of ether oxygens (including phenoxy) is 1. The van der Waals surface area contributed by atoms with Crippen LogP contribution in [-0.2, 0) is 4.79 Å². The predicted molar refractivity (Wildman–Crippen MR) is 81.0 cm³/mol. The molecule has 3 rings (SSSR count). The molecule has 1 aromatic heterocycles. The van der Waals surface area contributed by atoms with Gasteiger partial charge in [-0.15, -0.1) is 0 Å². The number of carbonyl (C=O) groups excluding carboxylic acids is 1. The first-order chi connectivity index (χ1) is 10.1. The fraction of sp³-hybridized carbons (Fsp3) is 0.647.